The van der Waals surface area contributed by atoms with Crippen LogP contribution >= 0.6 is 0 Å². The fourth-order valence-electron chi connectivity index (χ4n) is 5.79. The lowest BCUT2D eigenvalue weighted by atomic mass is 9.93. The molecule has 208 valence electrons. The molecule has 3 aromatic rings. The van der Waals surface area contributed by atoms with Gasteiger partial charge in [0, 0.05) is 49.1 Å². The number of amides is 1. The molecule has 8 nitrogen and oxygen atoms in total. The molecule has 8 heteroatoms. The van der Waals surface area contributed by atoms with Crippen molar-refractivity contribution in [2.45, 2.75) is 77.7 Å². The zero-order valence-electron chi connectivity index (χ0n) is 23.3. The predicted octanol–water partition coefficient (Wildman–Crippen LogP) is 6.11. The number of methoxy groups -OCH3 is 1. The smallest absolute Gasteiger partial charge is 0.224 e. The number of hydrogen-bond acceptors (Lipinski definition) is 7. The molecule has 1 saturated carbocycles. The molecule has 1 unspecified atom stereocenters. The predicted molar refractivity (Wildman–Crippen MR) is 148 cm³/mol. The molecule has 2 aliphatic rings. The Labute approximate surface area is 229 Å². The fraction of sp³-hybridized carbons (Fsp3) is 0.548. The number of pyridine rings is 1. The summed E-state index contributed by atoms with van der Waals surface area (Å²) in [5, 5.41) is 4.25. The number of ether oxygens (including phenoxy) is 2. The molecule has 39 heavy (non-hydrogen) atoms. The van der Waals surface area contributed by atoms with Crippen molar-refractivity contribution in [1.82, 2.24) is 15.3 Å². The van der Waals surface area contributed by atoms with Gasteiger partial charge in [-0.15, -0.1) is 0 Å². The van der Waals surface area contributed by atoms with Gasteiger partial charge in [0.25, 0.3) is 0 Å². The van der Waals surface area contributed by atoms with Crippen LogP contribution in [0.4, 0.5) is 0 Å². The summed E-state index contributed by atoms with van der Waals surface area (Å²) < 4.78 is 17.5. The highest BCUT2D eigenvalue weighted by Crippen LogP contribution is 2.59. The van der Waals surface area contributed by atoms with Crippen LogP contribution in [0.5, 0.6) is 5.75 Å². The van der Waals surface area contributed by atoms with Crippen LogP contribution in [0.1, 0.15) is 82.3 Å². The van der Waals surface area contributed by atoms with Crippen molar-refractivity contribution in [2.24, 2.45) is 11.3 Å². The zero-order valence-corrected chi connectivity index (χ0v) is 23.3. The maximum Gasteiger partial charge on any atom is 0.224 e. The third kappa shape index (κ3) is 6.16. The zero-order chi connectivity index (χ0) is 27.4. The van der Waals surface area contributed by atoms with Gasteiger partial charge in [0.1, 0.15) is 17.6 Å². The minimum absolute atomic E-state index is 0.0250. The number of nitrogens with one attached hydrogen (secondary N) is 1. The van der Waals surface area contributed by atoms with Crippen LogP contribution in [-0.2, 0) is 14.3 Å². The second-order valence-corrected chi connectivity index (χ2v) is 11.0. The van der Waals surface area contributed by atoms with Gasteiger partial charge in [-0.3, -0.25) is 14.6 Å². The molecular weight excluding hydrogens is 494 g/mol. The molecule has 1 saturated heterocycles. The van der Waals surface area contributed by atoms with Crippen molar-refractivity contribution in [3.63, 3.8) is 0 Å². The first-order valence-electron chi connectivity index (χ1n) is 14.2. The van der Waals surface area contributed by atoms with Gasteiger partial charge in [-0.25, -0.2) is 4.98 Å². The summed E-state index contributed by atoms with van der Waals surface area (Å²) in [5.41, 5.74) is 2.68. The third-order valence-corrected chi connectivity index (χ3v) is 8.39. The Hall–Kier alpha value is -3.26. The van der Waals surface area contributed by atoms with Gasteiger partial charge in [0.15, 0.2) is 5.76 Å². The van der Waals surface area contributed by atoms with Crippen LogP contribution in [0.15, 0.2) is 34.9 Å². The second kappa shape index (κ2) is 11.9. The third-order valence-electron chi connectivity index (χ3n) is 8.39. The highest BCUT2D eigenvalue weighted by atomic mass is 16.5. The minimum atomic E-state index is -0.332. The number of ketones is 1. The highest BCUT2D eigenvalue weighted by molar-refractivity contribution is 5.87. The molecule has 3 heterocycles. The Bertz CT molecular complexity index is 1330. The molecule has 5 rings (SSSR count). The Kier molecular flexibility index (Phi) is 8.31. The summed E-state index contributed by atoms with van der Waals surface area (Å²) in [4.78, 5) is 34.2. The lowest BCUT2D eigenvalue weighted by molar-refractivity contribution is -0.124. The van der Waals surface area contributed by atoms with E-state index >= 15 is 0 Å². The summed E-state index contributed by atoms with van der Waals surface area (Å²) >= 11 is 0. The highest BCUT2D eigenvalue weighted by Gasteiger charge is 2.58. The Balaban J connectivity index is 1.34. The van der Waals surface area contributed by atoms with Crippen molar-refractivity contribution < 1.29 is 23.5 Å². The first-order chi connectivity index (χ1) is 18.9. The van der Waals surface area contributed by atoms with Gasteiger partial charge in [-0.05, 0) is 56.6 Å². The second-order valence-electron chi connectivity index (χ2n) is 11.0. The van der Waals surface area contributed by atoms with Gasteiger partial charge in [-0.2, -0.15) is 0 Å². The molecule has 2 atom stereocenters. The quantitative estimate of drug-likeness (QED) is 0.280. The topological polar surface area (TPSA) is 104 Å². The van der Waals surface area contributed by atoms with Gasteiger partial charge < -0.3 is 19.2 Å². The first kappa shape index (κ1) is 27.3. The van der Waals surface area contributed by atoms with E-state index < -0.39 is 0 Å². The molecule has 1 aliphatic carbocycles. The summed E-state index contributed by atoms with van der Waals surface area (Å²) in [6.45, 7) is 5.33. The van der Waals surface area contributed by atoms with E-state index in [1.165, 1.54) is 0 Å². The lowest BCUT2D eigenvalue weighted by Crippen LogP contribution is -2.33. The number of aryl methyl sites for hydroxylation is 1. The van der Waals surface area contributed by atoms with Crippen LogP contribution < -0.4 is 10.1 Å². The number of Topliss-reactive ketones (excluding diaryl/α,β-unsaturated/α-hetero) is 1. The van der Waals surface area contributed by atoms with Crippen LogP contribution in [-0.4, -0.2) is 42.0 Å². The Morgan fingerprint density at radius 2 is 2.00 bits per heavy atom. The van der Waals surface area contributed by atoms with E-state index in [2.05, 4.69) is 15.3 Å². The average Bonchev–Trinajstić information content (AvgIpc) is 3.40. The standard InChI is InChI=1S/C31H39N3O5/c1-4-22(35)8-6-5-7-9-25(34-29(36)24-18-31(24)12-14-38-15-13-31)30-32-19-28(39-30)23-16-21-11-10-20(2)33-26(21)17-27(23)37-3/h10-11,16-17,19,24-25H,4-9,12-15,18H2,1-3H3,(H,34,36)/t24?,25-/m0/s1. The lowest BCUT2D eigenvalue weighted by Gasteiger charge is -2.23. The molecule has 2 fully saturated rings. The van der Waals surface area contributed by atoms with E-state index in [0.717, 1.165) is 73.9 Å². The van der Waals surface area contributed by atoms with Crippen LogP contribution in [0.2, 0.25) is 0 Å². The van der Waals surface area contributed by atoms with E-state index in [0.29, 0.717) is 42.4 Å². The summed E-state index contributed by atoms with van der Waals surface area (Å²) in [7, 11) is 1.63. The molecule has 1 amide bonds. The van der Waals surface area contributed by atoms with Crippen molar-refractivity contribution in [3.8, 4) is 17.1 Å². The van der Waals surface area contributed by atoms with Crippen molar-refractivity contribution in [1.29, 1.82) is 0 Å². The largest absolute Gasteiger partial charge is 0.496 e. The van der Waals surface area contributed by atoms with Crippen molar-refractivity contribution in [2.75, 3.05) is 20.3 Å². The van der Waals surface area contributed by atoms with E-state index in [1.807, 2.05) is 38.1 Å². The van der Waals surface area contributed by atoms with Gasteiger partial charge in [0.05, 0.1) is 24.4 Å². The fourth-order valence-corrected chi connectivity index (χ4v) is 5.79. The normalized spacial score (nSPS) is 18.7. The average molecular weight is 534 g/mol. The van der Waals surface area contributed by atoms with Gasteiger partial charge >= 0.3 is 0 Å². The van der Waals surface area contributed by atoms with E-state index in [9.17, 15) is 9.59 Å². The summed E-state index contributed by atoms with van der Waals surface area (Å²) in [6, 6.07) is 7.60. The molecule has 1 spiro atoms. The molecule has 1 N–H and O–H groups in total. The number of carbonyl (C=O) groups is 2. The molecular formula is C31H39N3O5. The van der Waals surface area contributed by atoms with Gasteiger partial charge in [0.2, 0.25) is 11.8 Å². The van der Waals surface area contributed by atoms with E-state index in [-0.39, 0.29) is 23.3 Å². The maximum absolute atomic E-state index is 13.3. The monoisotopic (exact) mass is 533 g/mol. The Morgan fingerprint density at radius 1 is 1.18 bits per heavy atom. The molecule has 1 aliphatic heterocycles. The van der Waals surface area contributed by atoms with E-state index in [1.54, 1.807) is 13.3 Å². The first-order valence-corrected chi connectivity index (χ1v) is 14.2. The molecule has 0 bridgehead atoms. The maximum atomic E-state index is 13.3. The molecule has 0 radical (unpaired) electrons. The molecule has 1 aromatic carbocycles. The number of fused-ring (bicyclic) bond motifs is 1. The number of nitrogens with zero attached hydrogens (tertiary/aromatic N) is 2. The number of hydrogen-bond donors (Lipinski definition) is 1. The van der Waals surface area contributed by atoms with Gasteiger partial charge in [-0.1, -0.05) is 25.8 Å². The van der Waals surface area contributed by atoms with Crippen LogP contribution in [0.25, 0.3) is 22.2 Å². The Morgan fingerprint density at radius 3 is 2.77 bits per heavy atom. The summed E-state index contributed by atoms with van der Waals surface area (Å²) in [6.07, 6.45) is 9.06. The van der Waals surface area contributed by atoms with Crippen molar-refractivity contribution in [3.05, 3.63) is 42.0 Å². The minimum Gasteiger partial charge on any atom is -0.496 e. The number of carbonyl (C=O) groups excluding carboxylic acids is 2. The number of benzene rings is 1. The van der Waals surface area contributed by atoms with Crippen molar-refractivity contribution >= 4 is 22.6 Å². The number of oxazole rings is 1. The van der Waals surface area contributed by atoms with E-state index in [4.69, 9.17) is 13.9 Å². The number of rotatable bonds is 12. The number of unbranched alkanes of at least 4 members (excludes halogenated alkanes) is 2. The van der Waals surface area contributed by atoms with Crippen LogP contribution in [0, 0.1) is 18.3 Å². The SMILES string of the molecule is CCC(=O)CCCCC[C@H](NC(=O)C1CC12CCOCC2)c1ncc(-c2cc3ccc(C)nc3cc2OC)o1. The molecule has 2 aromatic heterocycles. The summed E-state index contributed by atoms with van der Waals surface area (Å²) in [5.74, 6) is 2.13. The van der Waals surface area contributed by atoms with Crippen LogP contribution in [0.3, 0.4) is 0 Å². The number of aromatic nitrogens is 2.